The summed E-state index contributed by atoms with van der Waals surface area (Å²) in [4.78, 5) is 11.1. The molecular weight excluding hydrogens is 180 g/mol. The first kappa shape index (κ1) is 10.6. The molecule has 0 heterocycles. The van der Waals surface area contributed by atoms with E-state index in [4.69, 9.17) is 4.74 Å². The van der Waals surface area contributed by atoms with Crippen LogP contribution in [0.5, 0.6) is 11.5 Å². The highest BCUT2D eigenvalue weighted by atomic mass is 16.5. The van der Waals surface area contributed by atoms with Crippen molar-refractivity contribution in [1.29, 1.82) is 0 Å². The molecule has 0 radical (unpaired) electrons. The molecule has 0 saturated heterocycles. The zero-order valence-corrected chi connectivity index (χ0v) is 8.41. The van der Waals surface area contributed by atoms with Crippen LogP contribution in [0.25, 0.3) is 0 Å². The first-order valence-electron chi connectivity index (χ1n) is 4.63. The van der Waals surface area contributed by atoms with Crippen LogP contribution in [-0.2, 0) is 4.79 Å². The maximum absolute atomic E-state index is 11.1. The molecule has 0 saturated carbocycles. The Hall–Kier alpha value is -1.51. The van der Waals surface area contributed by atoms with Crippen molar-refractivity contribution in [2.45, 2.75) is 26.7 Å². The molecule has 0 fully saturated rings. The van der Waals surface area contributed by atoms with E-state index in [1.54, 1.807) is 19.1 Å². The van der Waals surface area contributed by atoms with Crippen molar-refractivity contribution in [2.75, 3.05) is 0 Å². The summed E-state index contributed by atoms with van der Waals surface area (Å²) < 4.78 is 4.99. The second kappa shape index (κ2) is 4.65. The molecule has 0 bridgehead atoms. The third kappa shape index (κ3) is 2.76. The summed E-state index contributed by atoms with van der Waals surface area (Å²) in [5.41, 5.74) is 0.764. The Labute approximate surface area is 83.3 Å². The second-order valence-electron chi connectivity index (χ2n) is 3.17. The van der Waals surface area contributed by atoms with E-state index in [2.05, 4.69) is 0 Å². The Balaban J connectivity index is 2.68. The van der Waals surface area contributed by atoms with Gasteiger partial charge in [0.25, 0.3) is 0 Å². The number of rotatable bonds is 3. The number of hydrogen-bond acceptors (Lipinski definition) is 3. The van der Waals surface area contributed by atoms with Crippen molar-refractivity contribution in [3.63, 3.8) is 0 Å². The average molecular weight is 194 g/mol. The molecule has 76 valence electrons. The highest BCUT2D eigenvalue weighted by Crippen LogP contribution is 2.22. The van der Waals surface area contributed by atoms with Crippen LogP contribution in [0, 0.1) is 6.92 Å². The van der Waals surface area contributed by atoms with Crippen molar-refractivity contribution in [2.24, 2.45) is 0 Å². The first-order valence-corrected chi connectivity index (χ1v) is 4.63. The van der Waals surface area contributed by atoms with Gasteiger partial charge >= 0.3 is 5.97 Å². The minimum absolute atomic E-state index is 0.145. The van der Waals surface area contributed by atoms with Gasteiger partial charge in [-0.3, -0.25) is 4.79 Å². The van der Waals surface area contributed by atoms with E-state index >= 15 is 0 Å². The molecule has 1 aromatic rings. The fourth-order valence-corrected chi connectivity index (χ4v) is 1.04. The van der Waals surface area contributed by atoms with Gasteiger partial charge < -0.3 is 9.84 Å². The van der Waals surface area contributed by atoms with Gasteiger partial charge in [0.1, 0.15) is 11.5 Å². The molecule has 0 aliphatic rings. The van der Waals surface area contributed by atoms with E-state index in [9.17, 15) is 9.90 Å². The van der Waals surface area contributed by atoms with Crippen LogP contribution >= 0.6 is 0 Å². The fraction of sp³-hybridized carbons (Fsp3) is 0.364. The van der Waals surface area contributed by atoms with E-state index < -0.39 is 0 Å². The number of hydrogen-bond donors (Lipinski definition) is 1. The average Bonchev–Trinajstić information content (AvgIpc) is 2.12. The van der Waals surface area contributed by atoms with Gasteiger partial charge in [-0.25, -0.2) is 0 Å². The predicted molar refractivity (Wildman–Crippen MR) is 53.4 cm³/mol. The number of aryl methyl sites for hydroxylation is 1. The van der Waals surface area contributed by atoms with E-state index in [1.165, 1.54) is 6.07 Å². The molecule has 1 rings (SSSR count). The first-order chi connectivity index (χ1) is 6.63. The zero-order chi connectivity index (χ0) is 10.6. The number of benzene rings is 1. The Morgan fingerprint density at radius 1 is 1.50 bits per heavy atom. The second-order valence-corrected chi connectivity index (χ2v) is 3.17. The highest BCUT2D eigenvalue weighted by Gasteiger charge is 2.04. The van der Waals surface area contributed by atoms with Gasteiger partial charge in [0.15, 0.2) is 0 Å². The number of carbonyl (C=O) groups is 1. The molecule has 0 aliphatic heterocycles. The lowest BCUT2D eigenvalue weighted by Crippen LogP contribution is -2.06. The smallest absolute Gasteiger partial charge is 0.311 e. The van der Waals surface area contributed by atoms with Gasteiger partial charge in [0.2, 0.25) is 0 Å². The summed E-state index contributed by atoms with van der Waals surface area (Å²) >= 11 is 0. The summed E-state index contributed by atoms with van der Waals surface area (Å²) in [6.07, 6.45) is 1.16. The van der Waals surface area contributed by atoms with Crippen LogP contribution in [0.3, 0.4) is 0 Å². The number of phenols is 1. The molecule has 0 unspecified atom stereocenters. The summed E-state index contributed by atoms with van der Waals surface area (Å²) in [6.45, 7) is 3.70. The predicted octanol–water partition coefficient (Wildman–Crippen LogP) is 2.41. The van der Waals surface area contributed by atoms with E-state index in [0.29, 0.717) is 12.2 Å². The monoisotopic (exact) mass is 194 g/mol. The molecule has 0 aromatic heterocycles. The van der Waals surface area contributed by atoms with Crippen LogP contribution in [0.2, 0.25) is 0 Å². The van der Waals surface area contributed by atoms with Gasteiger partial charge in [-0.15, -0.1) is 0 Å². The summed E-state index contributed by atoms with van der Waals surface area (Å²) in [5.74, 6) is 0.272. The van der Waals surface area contributed by atoms with Crippen molar-refractivity contribution < 1.29 is 14.6 Å². The molecule has 14 heavy (non-hydrogen) atoms. The Morgan fingerprint density at radius 3 is 2.79 bits per heavy atom. The molecule has 0 aliphatic carbocycles. The van der Waals surface area contributed by atoms with Crippen LogP contribution in [0.4, 0.5) is 0 Å². The molecule has 1 N–H and O–H groups in total. The summed E-state index contributed by atoms with van der Waals surface area (Å²) in [6, 6.07) is 4.83. The van der Waals surface area contributed by atoms with Crippen molar-refractivity contribution in [3.8, 4) is 11.5 Å². The minimum atomic E-state index is -0.268. The quantitative estimate of drug-likeness (QED) is 0.593. The summed E-state index contributed by atoms with van der Waals surface area (Å²) in [7, 11) is 0. The van der Waals surface area contributed by atoms with Gasteiger partial charge in [-0.1, -0.05) is 13.0 Å². The Morgan fingerprint density at radius 2 is 2.21 bits per heavy atom. The van der Waals surface area contributed by atoms with Crippen LogP contribution in [0.15, 0.2) is 18.2 Å². The molecule has 3 heteroatoms. The maximum Gasteiger partial charge on any atom is 0.311 e. The SMILES string of the molecule is CCCC(=O)Oc1ccc(C)c(O)c1. The third-order valence-electron chi connectivity index (χ3n) is 1.87. The standard InChI is InChI=1S/C11H14O3/c1-3-4-11(13)14-9-6-5-8(2)10(12)7-9/h5-7,12H,3-4H2,1-2H3. The van der Waals surface area contributed by atoms with E-state index in [-0.39, 0.29) is 11.7 Å². The van der Waals surface area contributed by atoms with E-state index in [0.717, 1.165) is 12.0 Å². The van der Waals surface area contributed by atoms with Crippen molar-refractivity contribution >= 4 is 5.97 Å². The Bertz CT molecular complexity index is 331. The molecule has 3 nitrogen and oxygen atoms in total. The van der Waals surface area contributed by atoms with Crippen LogP contribution < -0.4 is 4.74 Å². The molecule has 0 atom stereocenters. The lowest BCUT2D eigenvalue weighted by atomic mass is 10.2. The Kier molecular flexibility index (Phi) is 3.51. The van der Waals surface area contributed by atoms with Crippen LogP contribution in [-0.4, -0.2) is 11.1 Å². The molecule has 1 aromatic carbocycles. The molecule has 0 spiro atoms. The molecule has 0 amide bonds. The fourth-order valence-electron chi connectivity index (χ4n) is 1.04. The minimum Gasteiger partial charge on any atom is -0.508 e. The van der Waals surface area contributed by atoms with Gasteiger partial charge in [-0.05, 0) is 25.0 Å². The molecular formula is C11H14O3. The number of phenolic OH excluding ortho intramolecular Hbond substituents is 1. The maximum atomic E-state index is 11.1. The summed E-state index contributed by atoms with van der Waals surface area (Å²) in [5, 5.41) is 9.35. The normalized spacial score (nSPS) is 9.86. The van der Waals surface area contributed by atoms with Gasteiger partial charge in [0, 0.05) is 12.5 Å². The van der Waals surface area contributed by atoms with Gasteiger partial charge in [-0.2, -0.15) is 0 Å². The highest BCUT2D eigenvalue weighted by molar-refractivity contribution is 5.72. The third-order valence-corrected chi connectivity index (χ3v) is 1.87. The number of esters is 1. The van der Waals surface area contributed by atoms with Crippen molar-refractivity contribution in [3.05, 3.63) is 23.8 Å². The van der Waals surface area contributed by atoms with Crippen molar-refractivity contribution in [1.82, 2.24) is 0 Å². The number of ether oxygens (including phenoxy) is 1. The van der Waals surface area contributed by atoms with Gasteiger partial charge in [0.05, 0.1) is 0 Å². The zero-order valence-electron chi connectivity index (χ0n) is 8.41. The number of carbonyl (C=O) groups excluding carboxylic acids is 1. The van der Waals surface area contributed by atoms with E-state index in [1.807, 2.05) is 6.92 Å². The number of aromatic hydroxyl groups is 1. The van der Waals surface area contributed by atoms with Crippen LogP contribution in [0.1, 0.15) is 25.3 Å². The topological polar surface area (TPSA) is 46.5 Å². The lowest BCUT2D eigenvalue weighted by Gasteiger charge is -2.04. The lowest BCUT2D eigenvalue weighted by molar-refractivity contribution is -0.134. The largest absolute Gasteiger partial charge is 0.508 e.